The molecule has 5 nitrogen and oxygen atoms in total. The summed E-state index contributed by atoms with van der Waals surface area (Å²) in [6, 6.07) is 7.81. The number of fused-ring (bicyclic) bond motifs is 1. The second-order valence-electron chi connectivity index (χ2n) is 5.88. The number of aliphatic hydroxyl groups excluding tert-OH is 1. The number of hydrogen-bond donors (Lipinski definition) is 1. The second-order valence-corrected chi connectivity index (χ2v) is 5.88. The van der Waals surface area contributed by atoms with Crippen LogP contribution in [0.3, 0.4) is 0 Å². The van der Waals surface area contributed by atoms with E-state index in [1.165, 1.54) is 0 Å². The third kappa shape index (κ3) is 3.32. The molecule has 0 spiro atoms. The van der Waals surface area contributed by atoms with E-state index in [2.05, 4.69) is 0 Å². The molecular weight excluding hydrogens is 282 g/mol. The van der Waals surface area contributed by atoms with Crippen LogP contribution in [0.2, 0.25) is 0 Å². The molecule has 3 rings (SSSR count). The number of carbonyl (C=O) groups excluding carboxylic acids is 1. The zero-order valence-corrected chi connectivity index (χ0v) is 12.7. The highest BCUT2D eigenvalue weighted by Crippen LogP contribution is 2.36. The number of amides is 1. The van der Waals surface area contributed by atoms with Gasteiger partial charge < -0.3 is 19.5 Å². The molecule has 2 aliphatic heterocycles. The van der Waals surface area contributed by atoms with Crippen LogP contribution in [0.15, 0.2) is 24.3 Å². The van der Waals surface area contributed by atoms with Crippen molar-refractivity contribution >= 4 is 11.6 Å². The first-order chi connectivity index (χ1) is 10.8. The normalized spacial score (nSPS) is 21.9. The summed E-state index contributed by atoms with van der Waals surface area (Å²) >= 11 is 0. The van der Waals surface area contributed by atoms with Crippen molar-refractivity contribution in [3.63, 3.8) is 0 Å². The van der Waals surface area contributed by atoms with Crippen LogP contribution < -0.4 is 4.90 Å². The lowest BCUT2D eigenvalue weighted by Gasteiger charge is -2.23. The highest BCUT2D eigenvalue weighted by Gasteiger charge is 2.31. The zero-order valence-electron chi connectivity index (χ0n) is 12.7. The van der Waals surface area contributed by atoms with Crippen LogP contribution in [0.1, 0.15) is 30.7 Å². The molecule has 1 atom stereocenters. The Hall–Kier alpha value is -1.43. The van der Waals surface area contributed by atoms with Crippen LogP contribution >= 0.6 is 0 Å². The monoisotopic (exact) mass is 305 g/mol. The standard InChI is InChI=1S/C17H23NO4/c19-12-13-11-18(16-4-2-1-3-15(13)16)17(20)7-10-22-14-5-8-21-9-6-14/h1-4,13-14,19H,5-12H2. The summed E-state index contributed by atoms with van der Waals surface area (Å²) in [5.74, 6) is 0.0898. The van der Waals surface area contributed by atoms with Crippen molar-refractivity contribution in [2.45, 2.75) is 31.3 Å². The number of anilines is 1. The molecule has 22 heavy (non-hydrogen) atoms. The number of para-hydroxylation sites is 1. The molecule has 0 aliphatic carbocycles. The van der Waals surface area contributed by atoms with Crippen molar-refractivity contribution in [1.82, 2.24) is 0 Å². The highest BCUT2D eigenvalue weighted by atomic mass is 16.5. The number of aliphatic hydroxyl groups is 1. The molecule has 0 radical (unpaired) electrons. The molecule has 1 amide bonds. The number of ether oxygens (including phenoxy) is 2. The Morgan fingerprint density at radius 3 is 2.86 bits per heavy atom. The molecular formula is C17H23NO4. The Bertz CT molecular complexity index is 513. The molecule has 0 bridgehead atoms. The van der Waals surface area contributed by atoms with E-state index in [4.69, 9.17) is 9.47 Å². The van der Waals surface area contributed by atoms with Crippen LogP contribution in [0.5, 0.6) is 0 Å². The van der Waals surface area contributed by atoms with Gasteiger partial charge in [0.15, 0.2) is 0 Å². The van der Waals surface area contributed by atoms with Gasteiger partial charge in [-0.2, -0.15) is 0 Å². The van der Waals surface area contributed by atoms with Gasteiger partial charge in [0.2, 0.25) is 5.91 Å². The van der Waals surface area contributed by atoms with E-state index in [1.807, 2.05) is 24.3 Å². The van der Waals surface area contributed by atoms with Crippen LogP contribution in [0.4, 0.5) is 5.69 Å². The quantitative estimate of drug-likeness (QED) is 0.899. The van der Waals surface area contributed by atoms with Gasteiger partial charge in [-0.1, -0.05) is 18.2 Å². The van der Waals surface area contributed by atoms with Crippen molar-refractivity contribution in [3.8, 4) is 0 Å². The van der Waals surface area contributed by atoms with E-state index in [9.17, 15) is 9.90 Å². The molecule has 2 aliphatic rings. The number of benzene rings is 1. The molecule has 0 aromatic heterocycles. The van der Waals surface area contributed by atoms with Gasteiger partial charge >= 0.3 is 0 Å². The molecule has 1 saturated heterocycles. The summed E-state index contributed by atoms with van der Waals surface area (Å²) in [6.45, 7) is 2.57. The second kappa shape index (κ2) is 7.22. The van der Waals surface area contributed by atoms with Crippen LogP contribution in [0, 0.1) is 0 Å². The molecule has 1 unspecified atom stereocenters. The third-order valence-electron chi connectivity index (χ3n) is 4.43. The predicted molar refractivity (Wildman–Crippen MR) is 83.0 cm³/mol. The van der Waals surface area contributed by atoms with E-state index in [0.29, 0.717) is 19.6 Å². The van der Waals surface area contributed by atoms with Gasteiger partial charge in [0, 0.05) is 31.4 Å². The molecule has 1 N–H and O–H groups in total. The lowest BCUT2D eigenvalue weighted by Crippen LogP contribution is -2.32. The fourth-order valence-electron chi connectivity index (χ4n) is 3.18. The topological polar surface area (TPSA) is 59.0 Å². The van der Waals surface area contributed by atoms with Gasteiger partial charge in [-0.3, -0.25) is 4.79 Å². The van der Waals surface area contributed by atoms with Crippen molar-refractivity contribution in [2.75, 3.05) is 37.9 Å². The average Bonchev–Trinajstić information content (AvgIpc) is 2.95. The lowest BCUT2D eigenvalue weighted by atomic mass is 10.0. The summed E-state index contributed by atoms with van der Waals surface area (Å²) in [7, 11) is 0. The maximum Gasteiger partial charge on any atom is 0.229 e. The van der Waals surface area contributed by atoms with E-state index < -0.39 is 0 Å². The fraction of sp³-hybridized carbons (Fsp3) is 0.588. The first-order valence-corrected chi connectivity index (χ1v) is 7.99. The van der Waals surface area contributed by atoms with Crippen LogP contribution in [-0.4, -0.2) is 50.1 Å². The predicted octanol–water partition coefficient (Wildman–Crippen LogP) is 1.69. The van der Waals surface area contributed by atoms with Gasteiger partial charge in [-0.15, -0.1) is 0 Å². The summed E-state index contributed by atoms with van der Waals surface area (Å²) in [6.07, 6.45) is 2.42. The molecule has 2 heterocycles. The van der Waals surface area contributed by atoms with Gasteiger partial charge in [0.25, 0.3) is 0 Å². The Balaban J connectivity index is 1.54. The maximum atomic E-state index is 12.5. The number of carbonyl (C=O) groups is 1. The van der Waals surface area contributed by atoms with E-state index in [-0.39, 0.29) is 24.5 Å². The van der Waals surface area contributed by atoms with Crippen LogP contribution in [0.25, 0.3) is 0 Å². The minimum Gasteiger partial charge on any atom is -0.396 e. The first-order valence-electron chi connectivity index (χ1n) is 7.99. The molecule has 120 valence electrons. The molecule has 1 aromatic carbocycles. The third-order valence-corrected chi connectivity index (χ3v) is 4.43. The summed E-state index contributed by atoms with van der Waals surface area (Å²) in [5, 5.41) is 9.48. The van der Waals surface area contributed by atoms with Crippen molar-refractivity contribution < 1.29 is 19.4 Å². The van der Waals surface area contributed by atoms with Crippen LogP contribution in [-0.2, 0) is 14.3 Å². The Kier molecular flexibility index (Phi) is 5.08. The SMILES string of the molecule is O=C(CCOC1CCOCC1)N1CC(CO)c2ccccc21. The minimum absolute atomic E-state index is 0.0246. The summed E-state index contributed by atoms with van der Waals surface area (Å²) < 4.78 is 11.1. The van der Waals surface area contributed by atoms with Gasteiger partial charge in [-0.25, -0.2) is 0 Å². The largest absolute Gasteiger partial charge is 0.396 e. The lowest BCUT2D eigenvalue weighted by molar-refractivity contribution is -0.120. The highest BCUT2D eigenvalue weighted by molar-refractivity contribution is 5.95. The van der Waals surface area contributed by atoms with E-state index in [0.717, 1.165) is 37.3 Å². The van der Waals surface area contributed by atoms with Gasteiger partial charge in [-0.05, 0) is 24.5 Å². The summed E-state index contributed by atoms with van der Waals surface area (Å²) in [5.41, 5.74) is 1.99. The summed E-state index contributed by atoms with van der Waals surface area (Å²) in [4.78, 5) is 14.2. The molecule has 5 heteroatoms. The van der Waals surface area contributed by atoms with Crippen molar-refractivity contribution in [3.05, 3.63) is 29.8 Å². The Morgan fingerprint density at radius 2 is 2.09 bits per heavy atom. The molecule has 0 saturated carbocycles. The van der Waals surface area contributed by atoms with Crippen molar-refractivity contribution in [2.24, 2.45) is 0 Å². The number of hydrogen-bond acceptors (Lipinski definition) is 4. The number of rotatable bonds is 5. The maximum absolute atomic E-state index is 12.5. The van der Waals surface area contributed by atoms with Gasteiger partial charge in [0.05, 0.1) is 25.7 Å². The molecule has 1 aromatic rings. The number of nitrogens with zero attached hydrogens (tertiary/aromatic N) is 1. The van der Waals surface area contributed by atoms with E-state index in [1.54, 1.807) is 4.90 Å². The minimum atomic E-state index is 0.0246. The Labute approximate surface area is 130 Å². The fourth-order valence-corrected chi connectivity index (χ4v) is 3.18. The van der Waals surface area contributed by atoms with Crippen molar-refractivity contribution in [1.29, 1.82) is 0 Å². The zero-order chi connectivity index (χ0) is 15.4. The first kappa shape index (κ1) is 15.5. The molecule has 1 fully saturated rings. The van der Waals surface area contributed by atoms with E-state index >= 15 is 0 Å². The average molecular weight is 305 g/mol. The Morgan fingerprint density at radius 1 is 1.32 bits per heavy atom. The van der Waals surface area contributed by atoms with Gasteiger partial charge in [0.1, 0.15) is 0 Å². The smallest absolute Gasteiger partial charge is 0.229 e.